The van der Waals surface area contributed by atoms with Crippen LogP contribution in [0.15, 0.2) is 34.5 Å². The second-order valence-electron chi connectivity index (χ2n) is 4.95. The van der Waals surface area contributed by atoms with Gasteiger partial charge < -0.3 is 5.11 Å². The summed E-state index contributed by atoms with van der Waals surface area (Å²) in [7, 11) is 0. The van der Waals surface area contributed by atoms with E-state index in [1.54, 1.807) is 16.3 Å². The molecule has 0 atom stereocenters. The van der Waals surface area contributed by atoms with Gasteiger partial charge in [0.05, 0.1) is 9.90 Å². The lowest BCUT2D eigenvalue weighted by molar-refractivity contribution is 0.0684. The molecular weight excluding hydrogens is 316 g/mol. The second-order valence-corrected chi connectivity index (χ2v) is 7.20. The van der Waals surface area contributed by atoms with Crippen molar-refractivity contribution in [1.82, 2.24) is 9.61 Å². The van der Waals surface area contributed by atoms with Gasteiger partial charge >= 0.3 is 5.97 Å². The predicted molar refractivity (Wildman–Crippen MR) is 90.1 cm³/mol. The number of carbonyl (C=O) groups is 1. The number of thioether (sulfide) groups is 1. The SMILES string of the molecule is CCc1c(C)nn2c(C(=O)O)c(SCc3ccccc3)sc12. The summed E-state index contributed by atoms with van der Waals surface area (Å²) in [6, 6.07) is 10.1. The number of rotatable bonds is 5. The first-order valence-electron chi connectivity index (χ1n) is 7.02. The molecule has 4 nitrogen and oxygen atoms in total. The molecule has 0 aliphatic rings. The first kappa shape index (κ1) is 15.1. The Morgan fingerprint density at radius 1 is 1.36 bits per heavy atom. The van der Waals surface area contributed by atoms with E-state index in [0.29, 0.717) is 0 Å². The summed E-state index contributed by atoms with van der Waals surface area (Å²) < 4.78 is 2.41. The summed E-state index contributed by atoms with van der Waals surface area (Å²) >= 11 is 3.09. The first-order valence-corrected chi connectivity index (χ1v) is 8.83. The molecule has 0 fully saturated rings. The van der Waals surface area contributed by atoms with E-state index in [1.165, 1.54) is 16.9 Å². The summed E-state index contributed by atoms with van der Waals surface area (Å²) in [6.07, 6.45) is 0.859. The summed E-state index contributed by atoms with van der Waals surface area (Å²) in [5.74, 6) is -0.169. The van der Waals surface area contributed by atoms with E-state index >= 15 is 0 Å². The third-order valence-corrected chi connectivity index (χ3v) is 6.03. The highest BCUT2D eigenvalue weighted by atomic mass is 32.2. The first-order chi connectivity index (χ1) is 10.6. The molecule has 2 aromatic heterocycles. The van der Waals surface area contributed by atoms with Gasteiger partial charge in [0.1, 0.15) is 4.83 Å². The standard InChI is InChI=1S/C16H16N2O2S2/c1-3-12-10(2)17-18-13(15(19)20)16(22-14(12)18)21-9-11-7-5-4-6-8-11/h4-8H,3,9H2,1-2H3,(H,19,20). The Balaban J connectivity index is 2.00. The summed E-state index contributed by atoms with van der Waals surface area (Å²) in [6.45, 7) is 4.00. The van der Waals surface area contributed by atoms with Gasteiger partial charge in [-0.25, -0.2) is 9.31 Å². The van der Waals surface area contributed by atoms with Gasteiger partial charge in [0.2, 0.25) is 0 Å². The fourth-order valence-corrected chi connectivity index (χ4v) is 4.95. The highest BCUT2D eigenvalue weighted by Gasteiger charge is 2.23. The number of benzene rings is 1. The Labute approximate surface area is 136 Å². The Morgan fingerprint density at radius 3 is 2.73 bits per heavy atom. The molecule has 0 radical (unpaired) electrons. The number of aryl methyl sites for hydroxylation is 2. The quantitative estimate of drug-likeness (QED) is 0.709. The van der Waals surface area contributed by atoms with E-state index < -0.39 is 5.97 Å². The Bertz CT molecular complexity index is 822. The monoisotopic (exact) mass is 332 g/mol. The zero-order valence-corrected chi connectivity index (χ0v) is 14.0. The third kappa shape index (κ3) is 2.64. The molecule has 6 heteroatoms. The summed E-state index contributed by atoms with van der Waals surface area (Å²) in [5, 5.41) is 14.0. The molecule has 3 aromatic rings. The molecule has 0 aliphatic carbocycles. The lowest BCUT2D eigenvalue weighted by atomic mass is 10.2. The van der Waals surface area contributed by atoms with Crippen LogP contribution < -0.4 is 0 Å². The third-order valence-electron chi connectivity index (χ3n) is 3.50. The zero-order chi connectivity index (χ0) is 15.7. The van der Waals surface area contributed by atoms with Crippen molar-refractivity contribution in [3.05, 3.63) is 52.8 Å². The fourth-order valence-electron chi connectivity index (χ4n) is 2.42. The molecule has 0 saturated carbocycles. The van der Waals surface area contributed by atoms with Crippen molar-refractivity contribution in [2.75, 3.05) is 0 Å². The summed E-state index contributed by atoms with van der Waals surface area (Å²) in [5.41, 5.74) is 3.51. The minimum absolute atomic E-state index is 0.281. The molecule has 1 N–H and O–H groups in total. The van der Waals surface area contributed by atoms with Crippen LogP contribution in [0.4, 0.5) is 0 Å². The largest absolute Gasteiger partial charge is 0.476 e. The number of hydrogen-bond donors (Lipinski definition) is 1. The van der Waals surface area contributed by atoms with Crippen LogP contribution >= 0.6 is 23.1 Å². The Hall–Kier alpha value is -1.79. The minimum atomic E-state index is -0.924. The van der Waals surface area contributed by atoms with Gasteiger partial charge in [-0.2, -0.15) is 5.10 Å². The predicted octanol–water partition coefficient (Wildman–Crippen LogP) is 4.26. The number of aromatic nitrogens is 2. The lowest BCUT2D eigenvalue weighted by Gasteiger charge is -2.01. The van der Waals surface area contributed by atoms with Crippen molar-refractivity contribution in [2.45, 2.75) is 30.2 Å². The molecule has 0 aliphatic heterocycles. The number of thiazole rings is 1. The molecule has 0 bridgehead atoms. The molecule has 0 unspecified atom stereocenters. The number of fused-ring (bicyclic) bond motifs is 1. The average Bonchev–Trinajstić information content (AvgIpc) is 2.99. The number of nitrogens with zero attached hydrogens (tertiary/aromatic N) is 2. The molecule has 2 heterocycles. The smallest absolute Gasteiger partial charge is 0.356 e. The van der Waals surface area contributed by atoms with Crippen LogP contribution in [0.25, 0.3) is 4.83 Å². The van der Waals surface area contributed by atoms with Crippen LogP contribution in [0.2, 0.25) is 0 Å². The van der Waals surface area contributed by atoms with Crippen LogP contribution in [0.1, 0.15) is 34.2 Å². The Morgan fingerprint density at radius 2 is 2.09 bits per heavy atom. The molecule has 22 heavy (non-hydrogen) atoms. The fraction of sp³-hybridized carbons (Fsp3) is 0.250. The van der Waals surface area contributed by atoms with E-state index in [4.69, 9.17) is 0 Å². The van der Waals surface area contributed by atoms with Crippen LogP contribution in [0.5, 0.6) is 0 Å². The average molecular weight is 332 g/mol. The van der Waals surface area contributed by atoms with Crippen molar-refractivity contribution >= 4 is 33.9 Å². The van der Waals surface area contributed by atoms with Gasteiger partial charge in [-0.05, 0) is 18.9 Å². The molecule has 0 saturated heterocycles. The molecule has 3 rings (SSSR count). The normalized spacial score (nSPS) is 11.2. The highest BCUT2D eigenvalue weighted by Crippen LogP contribution is 2.36. The molecular formula is C16H16N2O2S2. The van der Waals surface area contributed by atoms with E-state index in [0.717, 1.165) is 32.5 Å². The highest BCUT2D eigenvalue weighted by molar-refractivity contribution is 8.00. The number of aromatic carboxylic acids is 1. The topological polar surface area (TPSA) is 54.6 Å². The zero-order valence-electron chi connectivity index (χ0n) is 12.4. The van der Waals surface area contributed by atoms with E-state index in [2.05, 4.69) is 12.0 Å². The second kappa shape index (κ2) is 6.14. The van der Waals surface area contributed by atoms with Crippen LogP contribution in [0.3, 0.4) is 0 Å². The summed E-state index contributed by atoms with van der Waals surface area (Å²) in [4.78, 5) is 12.6. The van der Waals surface area contributed by atoms with Crippen LogP contribution in [-0.4, -0.2) is 20.7 Å². The molecule has 114 valence electrons. The van der Waals surface area contributed by atoms with Crippen molar-refractivity contribution in [3.63, 3.8) is 0 Å². The van der Waals surface area contributed by atoms with Crippen molar-refractivity contribution in [1.29, 1.82) is 0 Å². The van der Waals surface area contributed by atoms with Crippen molar-refractivity contribution in [2.24, 2.45) is 0 Å². The van der Waals surface area contributed by atoms with Crippen molar-refractivity contribution in [3.8, 4) is 0 Å². The maximum Gasteiger partial charge on any atom is 0.356 e. The maximum absolute atomic E-state index is 11.6. The van der Waals surface area contributed by atoms with Gasteiger partial charge in [0.25, 0.3) is 0 Å². The Kier molecular flexibility index (Phi) is 4.22. The van der Waals surface area contributed by atoms with E-state index in [-0.39, 0.29) is 5.69 Å². The number of carboxylic acids is 1. The van der Waals surface area contributed by atoms with Crippen LogP contribution in [0, 0.1) is 6.92 Å². The molecule has 1 aromatic carbocycles. The number of hydrogen-bond acceptors (Lipinski definition) is 4. The van der Waals surface area contributed by atoms with Gasteiger partial charge in [-0.1, -0.05) is 37.3 Å². The molecule has 0 spiro atoms. The van der Waals surface area contributed by atoms with E-state index in [1.807, 2.05) is 37.3 Å². The van der Waals surface area contributed by atoms with Gasteiger partial charge in [-0.3, -0.25) is 0 Å². The van der Waals surface area contributed by atoms with E-state index in [9.17, 15) is 9.90 Å². The van der Waals surface area contributed by atoms with Gasteiger partial charge in [-0.15, -0.1) is 23.1 Å². The lowest BCUT2D eigenvalue weighted by Crippen LogP contribution is -2.04. The van der Waals surface area contributed by atoms with Crippen LogP contribution in [-0.2, 0) is 12.2 Å². The van der Waals surface area contributed by atoms with Gasteiger partial charge in [0, 0.05) is 11.3 Å². The maximum atomic E-state index is 11.6. The number of carboxylic acid groups (broad SMARTS) is 1. The van der Waals surface area contributed by atoms with Gasteiger partial charge in [0.15, 0.2) is 5.69 Å². The molecule has 0 amide bonds. The van der Waals surface area contributed by atoms with Crippen molar-refractivity contribution < 1.29 is 9.90 Å². The minimum Gasteiger partial charge on any atom is -0.476 e.